The maximum absolute atomic E-state index is 10.9. The summed E-state index contributed by atoms with van der Waals surface area (Å²) in [5.74, 6) is 0. The third-order valence-corrected chi connectivity index (χ3v) is 5.40. The molecule has 0 saturated heterocycles. The molecule has 0 rings (SSSR count). The fraction of sp³-hybridized carbons (Fsp3) is 1.00. The molecular formula is C5H15NO6P2. The van der Waals surface area contributed by atoms with Crippen molar-refractivity contribution in [3.63, 3.8) is 0 Å². The van der Waals surface area contributed by atoms with Crippen molar-refractivity contribution in [3.8, 4) is 0 Å². The Balaban J connectivity index is 5.12. The van der Waals surface area contributed by atoms with Gasteiger partial charge in [0, 0.05) is 0 Å². The summed E-state index contributed by atoms with van der Waals surface area (Å²) in [7, 11) is -9.65. The molecule has 0 unspecified atom stereocenters. The molecule has 7 nitrogen and oxygen atoms in total. The molecule has 0 aromatic heterocycles. The van der Waals surface area contributed by atoms with Crippen LogP contribution in [0.3, 0.4) is 0 Å². The maximum atomic E-state index is 10.9. The molecule has 0 aromatic carbocycles. The Kier molecular flexibility index (Phi) is 4.95. The number of hydrogen-bond donors (Lipinski definition) is 4. The molecule has 9 heteroatoms. The minimum absolute atomic E-state index is 0.164. The second-order valence-electron chi connectivity index (χ2n) is 2.75. The lowest BCUT2D eigenvalue weighted by Crippen LogP contribution is -2.34. The van der Waals surface area contributed by atoms with Gasteiger partial charge in [0.1, 0.15) is 0 Å². The normalized spacial score (nSPS) is 14.0. The number of rotatable bonds is 5. The topological polar surface area (TPSA) is 118 Å². The van der Waals surface area contributed by atoms with Crippen LogP contribution in [0.2, 0.25) is 0 Å². The molecular weight excluding hydrogens is 232 g/mol. The summed E-state index contributed by atoms with van der Waals surface area (Å²) in [6, 6.07) is 0. The van der Waals surface area contributed by atoms with E-state index in [1.54, 1.807) is 13.8 Å². The highest BCUT2D eigenvalue weighted by Gasteiger charge is 2.46. The largest absolute Gasteiger partial charge is 0.354 e. The van der Waals surface area contributed by atoms with Gasteiger partial charge in [-0.25, -0.2) is 0 Å². The van der Waals surface area contributed by atoms with Crippen LogP contribution in [0.25, 0.3) is 0 Å². The second kappa shape index (κ2) is 4.86. The summed E-state index contributed by atoms with van der Waals surface area (Å²) in [5, 5.41) is 0. The summed E-state index contributed by atoms with van der Waals surface area (Å²) in [6.45, 7) is 3.47. The minimum Gasteiger partial charge on any atom is -0.323 e. The molecule has 0 spiro atoms. The van der Waals surface area contributed by atoms with Crippen LogP contribution in [-0.2, 0) is 9.13 Å². The van der Waals surface area contributed by atoms with E-state index in [2.05, 4.69) is 0 Å². The molecule has 0 aromatic rings. The first-order chi connectivity index (χ1) is 6.14. The molecule has 0 heterocycles. The van der Waals surface area contributed by atoms with Gasteiger partial charge >= 0.3 is 15.2 Å². The summed E-state index contributed by atoms with van der Waals surface area (Å²) in [6.07, 6.45) is 0. The second-order valence-corrected chi connectivity index (χ2v) is 6.49. The van der Waals surface area contributed by atoms with Crippen LogP contribution in [0.4, 0.5) is 0 Å². The van der Waals surface area contributed by atoms with E-state index in [-0.39, 0.29) is 13.1 Å². The van der Waals surface area contributed by atoms with E-state index in [1.165, 1.54) is 0 Å². The minimum atomic E-state index is -4.82. The highest BCUT2D eigenvalue weighted by Crippen LogP contribution is 2.60. The van der Waals surface area contributed by atoms with E-state index >= 15 is 0 Å². The lowest BCUT2D eigenvalue weighted by molar-refractivity contribution is 0.240. The van der Waals surface area contributed by atoms with Gasteiger partial charge in [0.15, 0.2) is 0 Å². The van der Waals surface area contributed by atoms with E-state index < -0.39 is 20.7 Å². The van der Waals surface area contributed by atoms with Crippen molar-refractivity contribution in [1.29, 1.82) is 0 Å². The first kappa shape index (κ1) is 14.3. The lowest BCUT2D eigenvalue weighted by atomic mass is 10.6. The summed E-state index contributed by atoms with van der Waals surface area (Å²) in [5.41, 5.74) is -2.02. The monoisotopic (exact) mass is 247 g/mol. The maximum Gasteiger partial charge on any atom is 0.354 e. The summed E-state index contributed by atoms with van der Waals surface area (Å²) < 4.78 is 21.8. The third-order valence-electron chi connectivity index (χ3n) is 1.74. The van der Waals surface area contributed by atoms with Gasteiger partial charge in [-0.05, 0) is 13.1 Å². The molecule has 0 aliphatic rings. The van der Waals surface area contributed by atoms with Gasteiger partial charge in [-0.2, -0.15) is 0 Å². The van der Waals surface area contributed by atoms with E-state index in [1.807, 2.05) is 0 Å². The Morgan fingerprint density at radius 3 is 1.36 bits per heavy atom. The van der Waals surface area contributed by atoms with Crippen molar-refractivity contribution >= 4 is 15.2 Å². The zero-order valence-corrected chi connectivity index (χ0v) is 9.73. The molecule has 0 amide bonds. The molecule has 0 radical (unpaired) electrons. The molecule has 0 fully saturated rings. The van der Waals surface area contributed by atoms with Crippen LogP contribution in [0.15, 0.2) is 0 Å². The molecule has 86 valence electrons. The van der Waals surface area contributed by atoms with Crippen LogP contribution in [0.5, 0.6) is 0 Å². The third kappa shape index (κ3) is 3.79. The quantitative estimate of drug-likeness (QED) is 0.503. The summed E-state index contributed by atoms with van der Waals surface area (Å²) >= 11 is 0. The van der Waals surface area contributed by atoms with Crippen molar-refractivity contribution in [2.75, 3.05) is 13.1 Å². The molecule has 0 aliphatic carbocycles. The first-order valence-electron chi connectivity index (χ1n) is 3.99. The van der Waals surface area contributed by atoms with Crippen molar-refractivity contribution in [2.45, 2.75) is 19.4 Å². The number of hydrogen-bond acceptors (Lipinski definition) is 3. The Morgan fingerprint density at radius 1 is 1.00 bits per heavy atom. The Hall–Kier alpha value is 0.260. The lowest BCUT2D eigenvalue weighted by Gasteiger charge is -2.29. The van der Waals surface area contributed by atoms with Crippen LogP contribution < -0.4 is 0 Å². The van der Waals surface area contributed by atoms with Crippen LogP contribution >= 0.6 is 15.2 Å². The zero-order valence-electron chi connectivity index (χ0n) is 7.94. The van der Waals surface area contributed by atoms with Gasteiger partial charge in [-0.3, -0.25) is 14.0 Å². The average molecular weight is 247 g/mol. The first-order valence-corrected chi connectivity index (χ1v) is 7.35. The van der Waals surface area contributed by atoms with Gasteiger partial charge in [0.05, 0.1) is 0 Å². The SMILES string of the molecule is CCN(CC)C(P(=O)(O)O)P(=O)(O)O. The molecule has 4 N–H and O–H groups in total. The van der Waals surface area contributed by atoms with Crippen molar-refractivity contribution < 1.29 is 28.7 Å². The number of nitrogens with zero attached hydrogens (tertiary/aromatic N) is 1. The molecule has 0 saturated carbocycles. The van der Waals surface area contributed by atoms with E-state index in [0.29, 0.717) is 0 Å². The van der Waals surface area contributed by atoms with Gasteiger partial charge in [0.2, 0.25) is 5.52 Å². The fourth-order valence-corrected chi connectivity index (χ4v) is 4.24. The predicted molar refractivity (Wildman–Crippen MR) is 50.8 cm³/mol. The molecule has 14 heavy (non-hydrogen) atoms. The Bertz CT molecular complexity index is 243. The van der Waals surface area contributed by atoms with Gasteiger partial charge < -0.3 is 19.6 Å². The molecule has 0 atom stereocenters. The highest BCUT2D eigenvalue weighted by molar-refractivity contribution is 7.70. The fourth-order valence-electron chi connectivity index (χ4n) is 1.17. The van der Waals surface area contributed by atoms with E-state index in [4.69, 9.17) is 19.6 Å². The van der Waals surface area contributed by atoms with Crippen molar-refractivity contribution in [1.82, 2.24) is 4.90 Å². The molecule has 0 aliphatic heterocycles. The van der Waals surface area contributed by atoms with Crippen LogP contribution in [0.1, 0.15) is 13.8 Å². The Morgan fingerprint density at radius 2 is 1.29 bits per heavy atom. The van der Waals surface area contributed by atoms with E-state index in [9.17, 15) is 9.13 Å². The predicted octanol–water partition coefficient (Wildman–Crippen LogP) is -0.0328. The Labute approximate surface area is 82.1 Å². The summed E-state index contributed by atoms with van der Waals surface area (Å²) in [4.78, 5) is 36.3. The van der Waals surface area contributed by atoms with Gasteiger partial charge in [0.25, 0.3) is 0 Å². The highest BCUT2D eigenvalue weighted by atomic mass is 31.2. The zero-order chi connectivity index (χ0) is 11.6. The smallest absolute Gasteiger partial charge is 0.323 e. The van der Waals surface area contributed by atoms with Crippen LogP contribution in [-0.4, -0.2) is 43.1 Å². The molecule has 0 bridgehead atoms. The van der Waals surface area contributed by atoms with Crippen molar-refractivity contribution in [2.24, 2.45) is 0 Å². The van der Waals surface area contributed by atoms with E-state index in [0.717, 1.165) is 4.90 Å². The standard InChI is InChI=1S/C5H15NO6P2/c1-3-6(4-2)5(13(7,8)9)14(10,11)12/h5H,3-4H2,1-2H3,(H2,7,8,9)(H2,10,11,12). The average Bonchev–Trinajstić information content (AvgIpc) is 1.94. The van der Waals surface area contributed by atoms with Crippen molar-refractivity contribution in [3.05, 3.63) is 0 Å². The van der Waals surface area contributed by atoms with Gasteiger partial charge in [-0.15, -0.1) is 0 Å². The van der Waals surface area contributed by atoms with Gasteiger partial charge in [-0.1, -0.05) is 13.8 Å². The van der Waals surface area contributed by atoms with Crippen LogP contribution in [0, 0.1) is 0 Å².